The molecule has 0 aliphatic rings. The maximum absolute atomic E-state index is 13.9. The Kier molecular flexibility index (Phi) is 14.9. The molecule has 0 bridgehead atoms. The summed E-state index contributed by atoms with van der Waals surface area (Å²) >= 11 is 2.89. The van der Waals surface area contributed by atoms with Gasteiger partial charge in [-0.3, -0.25) is 9.78 Å². The average molecular weight is 737 g/mol. The van der Waals surface area contributed by atoms with Crippen LogP contribution >= 0.6 is 22.7 Å². The van der Waals surface area contributed by atoms with Crippen LogP contribution in [0.2, 0.25) is 0 Å². The number of aromatic nitrogens is 2. The molecule has 0 spiro atoms. The second-order valence-electron chi connectivity index (χ2n) is 13.1. The zero-order valence-corrected chi connectivity index (χ0v) is 31.2. The number of aliphatic hydroxyl groups is 2. The van der Waals surface area contributed by atoms with Crippen LogP contribution in [0.3, 0.4) is 0 Å². The van der Waals surface area contributed by atoms with Crippen LogP contribution in [0.1, 0.15) is 60.3 Å². The number of hydrogen-bond acceptors (Lipinski definition) is 10. The number of aliphatic hydroxyl groups excluding tert-OH is 2. The number of carbonyl (C=O) groups is 3. The normalized spacial score (nSPS) is 14.3. The monoisotopic (exact) mass is 736 g/mol. The van der Waals surface area contributed by atoms with Crippen molar-refractivity contribution in [1.82, 2.24) is 30.8 Å². The second kappa shape index (κ2) is 19.3. The summed E-state index contributed by atoms with van der Waals surface area (Å²) in [5.41, 5.74) is 4.01. The van der Waals surface area contributed by atoms with Gasteiger partial charge in [0.15, 0.2) is 0 Å². The third kappa shape index (κ3) is 12.1. The molecule has 0 saturated carbocycles. The molecule has 0 radical (unpaired) electrons. The first-order chi connectivity index (χ1) is 24.4. The first-order valence-electron chi connectivity index (χ1n) is 16.9. The number of nitrogens with zero attached hydrogens (tertiary/aromatic N) is 3. The summed E-state index contributed by atoms with van der Waals surface area (Å²) in [6.45, 7) is 8.02. The highest BCUT2D eigenvalue weighted by Crippen LogP contribution is 2.20. The van der Waals surface area contributed by atoms with Gasteiger partial charge in [0.05, 0.1) is 39.7 Å². The fourth-order valence-corrected chi connectivity index (χ4v) is 6.73. The fourth-order valence-electron chi connectivity index (χ4n) is 5.40. The summed E-state index contributed by atoms with van der Waals surface area (Å²) in [5, 5.41) is 34.8. The molecule has 4 rings (SSSR count). The fraction of sp³-hybridized carbons (Fsp3) is 0.432. The lowest BCUT2D eigenvalue weighted by Gasteiger charge is -2.34. The minimum Gasteiger partial charge on any atom is -0.444 e. The van der Waals surface area contributed by atoms with Gasteiger partial charge in [-0.25, -0.2) is 14.6 Å². The van der Waals surface area contributed by atoms with Crippen LogP contribution in [-0.2, 0) is 35.5 Å². The molecule has 274 valence electrons. The number of thiazole rings is 2. The Labute approximate surface area is 307 Å². The molecule has 0 unspecified atom stereocenters. The summed E-state index contributed by atoms with van der Waals surface area (Å²) < 4.78 is 5.38. The van der Waals surface area contributed by atoms with Crippen molar-refractivity contribution in [2.45, 2.75) is 89.9 Å². The van der Waals surface area contributed by atoms with Crippen molar-refractivity contribution in [1.29, 1.82) is 0 Å². The van der Waals surface area contributed by atoms with Crippen molar-refractivity contribution >= 4 is 40.7 Å². The van der Waals surface area contributed by atoms with Gasteiger partial charge in [-0.15, -0.1) is 22.7 Å². The summed E-state index contributed by atoms with van der Waals surface area (Å²) in [6, 6.07) is 15.1. The van der Waals surface area contributed by atoms with Crippen molar-refractivity contribution in [3.05, 3.63) is 104 Å². The molecule has 4 amide bonds. The molecule has 2 heterocycles. The molecule has 5 atom stereocenters. The molecular formula is C37H48N6O6S2. The number of rotatable bonds is 17. The number of hydrogen-bond donors (Lipinski definition) is 5. The van der Waals surface area contributed by atoms with Gasteiger partial charge < -0.3 is 35.8 Å². The predicted octanol–water partition coefficient (Wildman–Crippen LogP) is 4.88. The number of carbonyl (C=O) groups excluding carboxylic acids is 3. The number of benzene rings is 2. The Balaban J connectivity index is 1.50. The maximum Gasteiger partial charge on any atom is 0.407 e. The molecule has 0 aliphatic carbocycles. The summed E-state index contributed by atoms with van der Waals surface area (Å²) in [7, 11) is 1.64. The van der Waals surface area contributed by atoms with Crippen molar-refractivity contribution in [2.75, 3.05) is 7.05 Å². The van der Waals surface area contributed by atoms with E-state index in [1.807, 2.05) is 79.9 Å². The number of nitrogens with one attached hydrogen (secondary N) is 3. The predicted molar refractivity (Wildman–Crippen MR) is 198 cm³/mol. The Morgan fingerprint density at radius 2 is 1.43 bits per heavy atom. The van der Waals surface area contributed by atoms with Gasteiger partial charge in [-0.2, -0.15) is 0 Å². The van der Waals surface area contributed by atoms with Gasteiger partial charge in [0.2, 0.25) is 5.91 Å². The molecule has 0 fully saturated rings. The highest BCUT2D eigenvalue weighted by atomic mass is 32.1. The van der Waals surface area contributed by atoms with Crippen LogP contribution in [0.4, 0.5) is 9.59 Å². The van der Waals surface area contributed by atoms with E-state index in [1.165, 1.54) is 16.2 Å². The number of alkyl carbamates (subject to hydrolysis) is 1. The van der Waals surface area contributed by atoms with Crippen LogP contribution in [0.15, 0.2) is 77.8 Å². The summed E-state index contributed by atoms with van der Waals surface area (Å²) in [5.74, 6) is -0.553. The van der Waals surface area contributed by atoms with Crippen LogP contribution < -0.4 is 16.0 Å². The van der Waals surface area contributed by atoms with Gasteiger partial charge in [-0.1, -0.05) is 88.4 Å². The number of ether oxygens (including phenoxy) is 1. The van der Waals surface area contributed by atoms with E-state index < -0.39 is 48.4 Å². The molecule has 51 heavy (non-hydrogen) atoms. The van der Waals surface area contributed by atoms with Gasteiger partial charge in [0, 0.05) is 24.5 Å². The standard InChI is InChI=1S/C37H48N6O6S2/c1-23(2)31(42-36(47)43(5)19-27-21-50-35(39-27)24(3)4)34(46)40-29(16-25-12-8-6-9-13-25)32(44)33(45)30(17-26-14-10-7-11-15-26)41-37(48)49-20-28-18-38-22-51-28/h6-15,18,21-24,29-33,44-45H,16-17,19-20H2,1-5H3,(H,40,46)(H,41,48)(H,42,47)/t29-,30-,31-,32-,33-/m0/s1. The molecule has 4 aromatic rings. The highest BCUT2D eigenvalue weighted by molar-refractivity contribution is 7.09. The zero-order valence-electron chi connectivity index (χ0n) is 29.6. The van der Waals surface area contributed by atoms with E-state index in [1.54, 1.807) is 30.1 Å². The number of amides is 4. The Morgan fingerprint density at radius 3 is 1.94 bits per heavy atom. The van der Waals surface area contributed by atoms with E-state index in [2.05, 4.69) is 39.8 Å². The van der Waals surface area contributed by atoms with Gasteiger partial charge >= 0.3 is 12.1 Å². The molecule has 2 aromatic carbocycles. The van der Waals surface area contributed by atoms with E-state index in [4.69, 9.17) is 4.74 Å². The minimum atomic E-state index is -1.53. The minimum absolute atomic E-state index is 0.000151. The second-order valence-corrected chi connectivity index (χ2v) is 15.0. The van der Waals surface area contributed by atoms with E-state index in [9.17, 15) is 24.6 Å². The quantitative estimate of drug-likeness (QED) is 0.102. The molecule has 0 saturated heterocycles. The Morgan fingerprint density at radius 1 is 0.843 bits per heavy atom. The largest absolute Gasteiger partial charge is 0.444 e. The van der Waals surface area contributed by atoms with Crippen LogP contribution in [0, 0.1) is 5.92 Å². The molecule has 0 aliphatic heterocycles. The van der Waals surface area contributed by atoms with Crippen molar-refractivity contribution in [2.24, 2.45) is 5.92 Å². The van der Waals surface area contributed by atoms with E-state index >= 15 is 0 Å². The van der Waals surface area contributed by atoms with Crippen molar-refractivity contribution in [3.8, 4) is 0 Å². The first-order valence-corrected chi connectivity index (χ1v) is 18.7. The molecule has 5 N–H and O–H groups in total. The summed E-state index contributed by atoms with van der Waals surface area (Å²) in [4.78, 5) is 50.9. The van der Waals surface area contributed by atoms with Crippen LogP contribution in [-0.4, -0.2) is 80.5 Å². The van der Waals surface area contributed by atoms with E-state index in [0.29, 0.717) is 0 Å². The maximum atomic E-state index is 13.9. The zero-order chi connectivity index (χ0) is 36.9. The lowest BCUT2D eigenvalue weighted by atomic mass is 9.90. The number of urea groups is 1. The van der Waals surface area contributed by atoms with Gasteiger partial charge in [-0.05, 0) is 29.9 Å². The average Bonchev–Trinajstić information content (AvgIpc) is 3.82. The lowest BCUT2D eigenvalue weighted by Crippen LogP contribution is -2.60. The molecule has 14 heteroatoms. The summed E-state index contributed by atoms with van der Waals surface area (Å²) in [6.07, 6.45) is -1.89. The Hall–Kier alpha value is -4.37. The topological polar surface area (TPSA) is 166 Å². The Bertz CT molecular complexity index is 1650. The third-order valence-electron chi connectivity index (χ3n) is 8.27. The molecular weight excluding hydrogens is 689 g/mol. The van der Waals surface area contributed by atoms with Crippen molar-refractivity contribution in [3.63, 3.8) is 0 Å². The molecule has 12 nitrogen and oxygen atoms in total. The van der Waals surface area contributed by atoms with Gasteiger partial charge in [0.1, 0.15) is 24.9 Å². The van der Waals surface area contributed by atoms with Crippen LogP contribution in [0.25, 0.3) is 0 Å². The van der Waals surface area contributed by atoms with Crippen molar-refractivity contribution < 1.29 is 29.3 Å². The van der Waals surface area contributed by atoms with Gasteiger partial charge in [0.25, 0.3) is 0 Å². The molecule has 2 aromatic heterocycles. The highest BCUT2D eigenvalue weighted by Gasteiger charge is 2.36. The van der Waals surface area contributed by atoms with E-state index in [0.717, 1.165) is 26.7 Å². The SMILES string of the molecule is CC(C)c1nc(CN(C)C(=O)N[C@H](C(=O)N[C@@H](Cc2ccccc2)[C@H](O)[C@@H](O)[C@H](Cc2ccccc2)NC(=O)OCc2cncs2)C(C)C)cs1. The lowest BCUT2D eigenvalue weighted by molar-refractivity contribution is -0.126. The first kappa shape index (κ1) is 39.4. The third-order valence-corrected chi connectivity index (χ3v) is 10.2. The van der Waals surface area contributed by atoms with Crippen LogP contribution in [0.5, 0.6) is 0 Å². The van der Waals surface area contributed by atoms with E-state index in [-0.39, 0.29) is 37.8 Å². The smallest absolute Gasteiger partial charge is 0.407 e.